The van der Waals surface area contributed by atoms with Crippen LogP contribution in [0.5, 0.6) is 5.75 Å². The summed E-state index contributed by atoms with van der Waals surface area (Å²) in [5.41, 5.74) is 1.78. The second-order valence-electron chi connectivity index (χ2n) is 2.30. The van der Waals surface area contributed by atoms with Crippen molar-refractivity contribution in [2.45, 2.75) is 0 Å². The molecule has 0 unspecified atom stereocenters. The predicted octanol–water partition coefficient (Wildman–Crippen LogP) is 0.823. The topological polar surface area (TPSA) is 58.6 Å². The maximum Gasteiger partial charge on any atom is 0.277 e. The average Bonchev–Trinajstić information content (AvgIpc) is 2.04. The molecule has 0 saturated heterocycles. The molecule has 0 aromatic heterocycles. The second-order valence-corrected chi connectivity index (χ2v) is 2.30. The highest BCUT2D eigenvalue weighted by Gasteiger charge is 2.11. The summed E-state index contributed by atoms with van der Waals surface area (Å²) >= 11 is 0. The van der Waals surface area contributed by atoms with Gasteiger partial charge in [-0.15, -0.1) is 0 Å². The summed E-state index contributed by atoms with van der Waals surface area (Å²) in [7, 11) is 1.25. The van der Waals surface area contributed by atoms with Crippen molar-refractivity contribution in [3.63, 3.8) is 0 Å². The van der Waals surface area contributed by atoms with E-state index in [2.05, 4.69) is 4.84 Å². The number of hydrogen-bond donors (Lipinski definition) is 2. The maximum absolute atomic E-state index is 12.9. The van der Waals surface area contributed by atoms with Gasteiger partial charge in [-0.25, -0.2) is 9.87 Å². The molecule has 70 valence electrons. The fourth-order valence-electron chi connectivity index (χ4n) is 0.836. The van der Waals surface area contributed by atoms with Gasteiger partial charge in [0.2, 0.25) is 0 Å². The highest BCUT2D eigenvalue weighted by Crippen LogP contribution is 2.14. The summed E-state index contributed by atoms with van der Waals surface area (Å²) in [6, 6.07) is 3.23. The first-order chi connectivity index (χ1) is 6.15. The molecular weight excluding hydrogens is 177 g/mol. The molecule has 0 aliphatic carbocycles. The van der Waals surface area contributed by atoms with Gasteiger partial charge in [0.1, 0.15) is 11.6 Å². The minimum atomic E-state index is -0.797. The normalized spacial score (nSPS) is 9.69. The van der Waals surface area contributed by atoms with Gasteiger partial charge in [0.25, 0.3) is 5.91 Å². The van der Waals surface area contributed by atoms with Gasteiger partial charge in [0, 0.05) is 6.07 Å². The zero-order chi connectivity index (χ0) is 9.84. The first-order valence-electron chi connectivity index (χ1n) is 3.47. The Balaban J connectivity index is 2.95. The number of benzene rings is 1. The molecule has 0 bridgehead atoms. The molecule has 4 nitrogen and oxygen atoms in total. The van der Waals surface area contributed by atoms with Crippen molar-refractivity contribution in [2.75, 3.05) is 7.11 Å². The zero-order valence-electron chi connectivity index (χ0n) is 6.87. The van der Waals surface area contributed by atoms with Crippen LogP contribution < -0.4 is 5.48 Å². The molecule has 1 aromatic rings. The van der Waals surface area contributed by atoms with E-state index in [9.17, 15) is 9.18 Å². The second kappa shape index (κ2) is 3.86. The van der Waals surface area contributed by atoms with Gasteiger partial charge in [0.15, 0.2) is 0 Å². The maximum atomic E-state index is 12.9. The molecule has 2 N–H and O–H groups in total. The van der Waals surface area contributed by atoms with Crippen molar-refractivity contribution in [3.05, 3.63) is 29.6 Å². The largest absolute Gasteiger partial charge is 0.508 e. The lowest BCUT2D eigenvalue weighted by molar-refractivity contribution is 0.0533. The monoisotopic (exact) mass is 185 g/mol. The summed E-state index contributed by atoms with van der Waals surface area (Å²) in [4.78, 5) is 15.3. The van der Waals surface area contributed by atoms with Crippen LogP contribution in [0, 0.1) is 5.82 Å². The molecule has 5 heteroatoms. The van der Waals surface area contributed by atoms with Gasteiger partial charge in [-0.05, 0) is 12.1 Å². The van der Waals surface area contributed by atoms with E-state index < -0.39 is 11.7 Å². The van der Waals surface area contributed by atoms with E-state index in [4.69, 9.17) is 5.11 Å². The first kappa shape index (κ1) is 9.47. The van der Waals surface area contributed by atoms with Gasteiger partial charge in [-0.1, -0.05) is 0 Å². The molecule has 0 fully saturated rings. The molecule has 13 heavy (non-hydrogen) atoms. The molecule has 0 saturated carbocycles. The molecule has 0 radical (unpaired) electrons. The zero-order valence-corrected chi connectivity index (χ0v) is 6.87. The van der Waals surface area contributed by atoms with E-state index in [1.165, 1.54) is 19.2 Å². The molecule has 0 heterocycles. The average molecular weight is 185 g/mol. The summed E-state index contributed by atoms with van der Waals surface area (Å²) in [6.45, 7) is 0. The van der Waals surface area contributed by atoms with E-state index in [0.717, 1.165) is 6.07 Å². The Bertz CT molecular complexity index is 327. The van der Waals surface area contributed by atoms with E-state index in [-0.39, 0.29) is 11.3 Å². The number of hydroxylamine groups is 1. The van der Waals surface area contributed by atoms with Gasteiger partial charge >= 0.3 is 0 Å². The predicted molar refractivity (Wildman–Crippen MR) is 42.5 cm³/mol. The van der Waals surface area contributed by atoms with Crippen LogP contribution in [-0.2, 0) is 4.84 Å². The number of carbonyl (C=O) groups excluding carboxylic acids is 1. The third-order valence-corrected chi connectivity index (χ3v) is 1.39. The Morgan fingerprint density at radius 3 is 2.85 bits per heavy atom. The minimum absolute atomic E-state index is 0.181. The lowest BCUT2D eigenvalue weighted by Crippen LogP contribution is -2.22. The fourth-order valence-corrected chi connectivity index (χ4v) is 0.836. The number of amides is 1. The first-order valence-corrected chi connectivity index (χ1v) is 3.47. The number of rotatable bonds is 2. The van der Waals surface area contributed by atoms with Crippen LogP contribution in [0.3, 0.4) is 0 Å². The highest BCUT2D eigenvalue weighted by atomic mass is 19.1. The van der Waals surface area contributed by atoms with Crippen LogP contribution in [0.1, 0.15) is 10.4 Å². The molecule has 1 amide bonds. The van der Waals surface area contributed by atoms with Crippen LogP contribution in [0.4, 0.5) is 4.39 Å². The van der Waals surface area contributed by atoms with Crippen molar-refractivity contribution in [1.82, 2.24) is 5.48 Å². The number of phenols is 1. The quantitative estimate of drug-likeness (QED) is 0.670. The van der Waals surface area contributed by atoms with E-state index >= 15 is 0 Å². The summed E-state index contributed by atoms with van der Waals surface area (Å²) in [5.74, 6) is -1.72. The van der Waals surface area contributed by atoms with Crippen LogP contribution in [0.2, 0.25) is 0 Å². The van der Waals surface area contributed by atoms with Gasteiger partial charge < -0.3 is 5.11 Å². The Hall–Kier alpha value is -1.62. The standard InChI is InChI=1S/C8H8FNO3/c1-13-10-8(12)6-3-2-5(11)4-7(6)9/h2-4,11H,1H3,(H,10,12). The Morgan fingerprint density at radius 1 is 1.62 bits per heavy atom. The number of halogens is 1. The molecule has 0 aliphatic heterocycles. The van der Waals surface area contributed by atoms with E-state index in [1.807, 2.05) is 5.48 Å². The smallest absolute Gasteiger partial charge is 0.277 e. The summed E-state index contributed by atoms with van der Waals surface area (Å²) in [5, 5.41) is 8.85. The SMILES string of the molecule is CONC(=O)c1ccc(O)cc1F. The van der Waals surface area contributed by atoms with Gasteiger partial charge in [-0.3, -0.25) is 9.63 Å². The summed E-state index contributed by atoms with van der Waals surface area (Å²) < 4.78 is 12.9. The van der Waals surface area contributed by atoms with Crippen LogP contribution in [0.15, 0.2) is 18.2 Å². The van der Waals surface area contributed by atoms with Crippen LogP contribution >= 0.6 is 0 Å². The number of phenolic OH excluding ortho intramolecular Hbond substituents is 1. The fraction of sp³-hybridized carbons (Fsp3) is 0.125. The van der Waals surface area contributed by atoms with Crippen molar-refractivity contribution < 1.29 is 19.1 Å². The minimum Gasteiger partial charge on any atom is -0.508 e. The number of carbonyl (C=O) groups is 1. The van der Waals surface area contributed by atoms with Crippen molar-refractivity contribution in [2.24, 2.45) is 0 Å². The van der Waals surface area contributed by atoms with E-state index in [1.54, 1.807) is 0 Å². The van der Waals surface area contributed by atoms with Crippen LogP contribution in [-0.4, -0.2) is 18.1 Å². The third kappa shape index (κ3) is 2.16. The third-order valence-electron chi connectivity index (χ3n) is 1.39. The Labute approximate surface area is 73.9 Å². The molecule has 1 rings (SSSR count). The molecule has 0 atom stereocenters. The van der Waals surface area contributed by atoms with Crippen LogP contribution in [0.25, 0.3) is 0 Å². The molecule has 0 aliphatic rings. The van der Waals surface area contributed by atoms with E-state index in [0.29, 0.717) is 0 Å². The number of hydrogen-bond acceptors (Lipinski definition) is 3. The van der Waals surface area contributed by atoms with Gasteiger partial charge in [0.05, 0.1) is 12.7 Å². The number of aromatic hydroxyl groups is 1. The summed E-state index contributed by atoms with van der Waals surface area (Å²) in [6.07, 6.45) is 0. The molecule has 0 spiro atoms. The Kier molecular flexibility index (Phi) is 2.81. The Morgan fingerprint density at radius 2 is 2.31 bits per heavy atom. The number of nitrogens with one attached hydrogen (secondary N) is 1. The van der Waals surface area contributed by atoms with Gasteiger partial charge in [-0.2, -0.15) is 0 Å². The molecule has 1 aromatic carbocycles. The lowest BCUT2D eigenvalue weighted by atomic mass is 10.2. The molecular formula is C8H8FNO3. The van der Waals surface area contributed by atoms with Crippen molar-refractivity contribution >= 4 is 5.91 Å². The van der Waals surface area contributed by atoms with Crippen molar-refractivity contribution in [1.29, 1.82) is 0 Å². The lowest BCUT2D eigenvalue weighted by Gasteiger charge is -2.02. The highest BCUT2D eigenvalue weighted by molar-refractivity contribution is 5.93. The van der Waals surface area contributed by atoms with Crippen molar-refractivity contribution in [3.8, 4) is 5.75 Å².